The minimum Gasteiger partial charge on any atom is -0.480 e. The van der Waals surface area contributed by atoms with Crippen LogP contribution in [-0.4, -0.2) is 46.3 Å². The van der Waals surface area contributed by atoms with Crippen LogP contribution in [0.4, 0.5) is 10.6 Å². The van der Waals surface area contributed by atoms with Crippen LogP contribution in [0.3, 0.4) is 0 Å². The third-order valence-electron chi connectivity index (χ3n) is 5.50. The van der Waals surface area contributed by atoms with Gasteiger partial charge >= 0.3 is 6.03 Å². The zero-order chi connectivity index (χ0) is 23.2. The van der Waals surface area contributed by atoms with E-state index in [2.05, 4.69) is 39.6 Å². The predicted octanol–water partition coefficient (Wildman–Crippen LogP) is 4.94. The Labute approximate surface area is 193 Å². The lowest BCUT2D eigenvalue weighted by Crippen LogP contribution is -2.42. The molecule has 8 nitrogen and oxygen atoms in total. The van der Waals surface area contributed by atoms with Gasteiger partial charge in [-0.15, -0.1) is 10.2 Å². The molecule has 1 aliphatic heterocycles. The highest BCUT2D eigenvalue weighted by molar-refractivity contribution is 5.88. The molecule has 2 amide bonds. The topological polar surface area (TPSA) is 89.5 Å². The number of ether oxygens (including phenoxy) is 2. The fourth-order valence-electron chi connectivity index (χ4n) is 3.67. The zero-order valence-electron chi connectivity index (χ0n) is 19.0. The van der Waals surface area contributed by atoms with Crippen LogP contribution in [0, 0.1) is 12.8 Å². The molecule has 3 heterocycles. The maximum absolute atomic E-state index is 12.6. The minimum absolute atomic E-state index is 0.178. The Morgan fingerprint density at radius 1 is 1.15 bits per heavy atom. The molecule has 1 N–H and O–H groups in total. The van der Waals surface area contributed by atoms with Crippen LogP contribution in [0.25, 0.3) is 6.08 Å². The third kappa shape index (κ3) is 5.85. The summed E-state index contributed by atoms with van der Waals surface area (Å²) < 4.78 is 10.9. The van der Waals surface area contributed by atoms with Crippen LogP contribution in [0.15, 0.2) is 60.3 Å². The van der Waals surface area contributed by atoms with E-state index in [1.807, 2.05) is 37.3 Å². The number of anilines is 1. The van der Waals surface area contributed by atoms with E-state index in [0.29, 0.717) is 30.5 Å². The number of pyridine rings is 1. The largest absolute Gasteiger partial charge is 0.480 e. The van der Waals surface area contributed by atoms with E-state index in [4.69, 9.17) is 9.47 Å². The van der Waals surface area contributed by atoms with Gasteiger partial charge in [0.2, 0.25) is 5.88 Å². The molecule has 1 unspecified atom stereocenters. The summed E-state index contributed by atoms with van der Waals surface area (Å²) in [5.41, 5.74) is 3.32. The van der Waals surface area contributed by atoms with Crippen molar-refractivity contribution in [2.45, 2.75) is 20.3 Å². The van der Waals surface area contributed by atoms with E-state index in [9.17, 15) is 4.79 Å². The van der Waals surface area contributed by atoms with Crippen molar-refractivity contribution in [3.05, 3.63) is 71.6 Å². The Bertz CT molecular complexity index is 1130. The van der Waals surface area contributed by atoms with Crippen molar-refractivity contribution in [1.82, 2.24) is 20.1 Å². The molecule has 0 aliphatic carbocycles. The Morgan fingerprint density at radius 3 is 2.73 bits per heavy atom. The molecular weight excluding hydrogens is 418 g/mol. The van der Waals surface area contributed by atoms with E-state index >= 15 is 0 Å². The Hall–Kier alpha value is -3.94. The van der Waals surface area contributed by atoms with Gasteiger partial charge in [0.15, 0.2) is 5.82 Å². The van der Waals surface area contributed by atoms with Crippen molar-refractivity contribution < 1.29 is 14.3 Å². The molecule has 0 spiro atoms. The smallest absolute Gasteiger partial charge is 0.323 e. The minimum atomic E-state index is -0.178. The SMILES string of the molecule is COc1ccc(NC(=O)N2CC/C(=C\c3cccc(Oc4ccc(C)nc4)c3)C(C)C2)nn1. The molecule has 0 bridgehead atoms. The molecule has 1 atom stereocenters. The molecular formula is C25H27N5O3. The molecule has 1 aliphatic rings. The first-order valence-electron chi connectivity index (χ1n) is 10.8. The molecule has 0 radical (unpaired) electrons. The highest BCUT2D eigenvalue weighted by Crippen LogP contribution is 2.28. The highest BCUT2D eigenvalue weighted by atomic mass is 16.5. The van der Waals surface area contributed by atoms with Gasteiger partial charge in [0.05, 0.1) is 13.3 Å². The molecule has 33 heavy (non-hydrogen) atoms. The second-order valence-corrected chi connectivity index (χ2v) is 8.02. The summed E-state index contributed by atoms with van der Waals surface area (Å²) >= 11 is 0. The van der Waals surface area contributed by atoms with E-state index in [1.54, 1.807) is 23.2 Å². The molecule has 8 heteroatoms. The lowest BCUT2D eigenvalue weighted by atomic mass is 9.91. The number of rotatable bonds is 5. The summed E-state index contributed by atoms with van der Waals surface area (Å²) in [7, 11) is 1.52. The summed E-state index contributed by atoms with van der Waals surface area (Å²) in [6.07, 6.45) is 4.71. The molecule has 4 rings (SSSR count). The van der Waals surface area contributed by atoms with Gasteiger partial charge in [-0.2, -0.15) is 0 Å². The van der Waals surface area contributed by atoms with Gasteiger partial charge in [0.1, 0.15) is 11.5 Å². The lowest BCUT2D eigenvalue weighted by Gasteiger charge is -2.33. The summed E-state index contributed by atoms with van der Waals surface area (Å²) in [4.78, 5) is 18.7. The van der Waals surface area contributed by atoms with Gasteiger partial charge in [0.25, 0.3) is 0 Å². The molecule has 1 saturated heterocycles. The van der Waals surface area contributed by atoms with Crippen LogP contribution in [0.5, 0.6) is 17.4 Å². The molecule has 1 fully saturated rings. The number of piperidine rings is 1. The average Bonchev–Trinajstić information content (AvgIpc) is 2.82. The van der Waals surface area contributed by atoms with Crippen LogP contribution >= 0.6 is 0 Å². The first kappa shape index (κ1) is 22.3. The monoisotopic (exact) mass is 445 g/mol. The molecule has 0 saturated carbocycles. The van der Waals surface area contributed by atoms with Gasteiger partial charge in [-0.05, 0) is 55.2 Å². The molecule has 170 valence electrons. The van der Waals surface area contributed by atoms with Crippen molar-refractivity contribution in [3.63, 3.8) is 0 Å². The maximum Gasteiger partial charge on any atom is 0.323 e. The normalized spacial score (nSPS) is 17.0. The van der Waals surface area contributed by atoms with Crippen LogP contribution < -0.4 is 14.8 Å². The van der Waals surface area contributed by atoms with Crippen molar-refractivity contribution >= 4 is 17.9 Å². The number of methoxy groups -OCH3 is 1. The average molecular weight is 446 g/mol. The van der Waals surface area contributed by atoms with Crippen LogP contribution in [0.2, 0.25) is 0 Å². The second kappa shape index (κ2) is 10.1. The van der Waals surface area contributed by atoms with Gasteiger partial charge in [-0.25, -0.2) is 4.79 Å². The van der Waals surface area contributed by atoms with E-state index < -0.39 is 0 Å². The standard InChI is InChI=1S/C25H27N5O3/c1-17-16-30(25(31)27-23-9-10-24(32-3)29-28-23)12-11-20(17)13-19-5-4-6-21(14-19)33-22-8-7-18(2)26-15-22/h4-10,13-15,17H,11-12,16H2,1-3H3,(H,27,28,31)/b20-13+. The Morgan fingerprint density at radius 2 is 2.03 bits per heavy atom. The number of aromatic nitrogens is 3. The number of aryl methyl sites for hydroxylation is 1. The summed E-state index contributed by atoms with van der Waals surface area (Å²) in [6.45, 7) is 5.35. The van der Waals surface area contributed by atoms with Crippen molar-refractivity contribution in [2.75, 3.05) is 25.5 Å². The number of hydrogen-bond acceptors (Lipinski definition) is 6. The number of hydrogen-bond donors (Lipinski definition) is 1. The maximum atomic E-state index is 12.6. The lowest BCUT2D eigenvalue weighted by molar-refractivity contribution is 0.197. The number of likely N-dealkylation sites (tertiary alicyclic amines) is 1. The number of carbonyl (C=O) groups excluding carboxylic acids is 1. The number of nitrogens with zero attached hydrogens (tertiary/aromatic N) is 4. The fraction of sp³-hybridized carbons (Fsp3) is 0.280. The third-order valence-corrected chi connectivity index (χ3v) is 5.50. The highest BCUT2D eigenvalue weighted by Gasteiger charge is 2.24. The number of nitrogens with one attached hydrogen (secondary N) is 1. The first-order valence-corrected chi connectivity index (χ1v) is 10.8. The van der Waals surface area contributed by atoms with Gasteiger partial charge in [0, 0.05) is 24.8 Å². The second-order valence-electron chi connectivity index (χ2n) is 8.02. The van der Waals surface area contributed by atoms with E-state index in [-0.39, 0.29) is 11.9 Å². The predicted molar refractivity (Wildman–Crippen MR) is 126 cm³/mol. The summed E-state index contributed by atoms with van der Waals surface area (Å²) in [5, 5.41) is 10.6. The number of urea groups is 1. The number of amides is 2. The first-order chi connectivity index (χ1) is 16.0. The van der Waals surface area contributed by atoms with E-state index in [0.717, 1.165) is 23.4 Å². The summed E-state index contributed by atoms with van der Waals surface area (Å²) in [6, 6.07) is 15.0. The molecule has 2 aromatic heterocycles. The fourth-order valence-corrected chi connectivity index (χ4v) is 3.67. The van der Waals surface area contributed by atoms with E-state index in [1.165, 1.54) is 12.7 Å². The van der Waals surface area contributed by atoms with Crippen molar-refractivity contribution in [1.29, 1.82) is 0 Å². The van der Waals surface area contributed by atoms with Crippen LogP contribution in [0.1, 0.15) is 24.6 Å². The quantitative estimate of drug-likeness (QED) is 0.598. The number of carbonyl (C=O) groups is 1. The van der Waals surface area contributed by atoms with Gasteiger partial charge < -0.3 is 14.4 Å². The summed E-state index contributed by atoms with van der Waals surface area (Å²) in [5.74, 6) is 2.51. The zero-order valence-corrected chi connectivity index (χ0v) is 19.0. The van der Waals surface area contributed by atoms with Crippen molar-refractivity contribution in [3.8, 4) is 17.4 Å². The van der Waals surface area contributed by atoms with Crippen molar-refractivity contribution in [2.24, 2.45) is 5.92 Å². The Balaban J connectivity index is 1.37. The number of benzene rings is 1. The Kier molecular flexibility index (Phi) is 6.83. The van der Waals surface area contributed by atoms with Gasteiger partial charge in [-0.3, -0.25) is 10.3 Å². The van der Waals surface area contributed by atoms with Gasteiger partial charge in [-0.1, -0.05) is 30.7 Å². The van der Waals surface area contributed by atoms with Crippen LogP contribution in [-0.2, 0) is 0 Å². The molecule has 3 aromatic rings. The molecule has 1 aromatic carbocycles.